The smallest absolute Gasteiger partial charge is 0.223 e. The van der Waals surface area contributed by atoms with Crippen LogP contribution in [0.15, 0.2) is 61.1 Å². The van der Waals surface area contributed by atoms with Gasteiger partial charge < -0.3 is 0 Å². The normalized spacial score (nSPS) is 14.2. The van der Waals surface area contributed by atoms with Gasteiger partial charge in [-0.3, -0.25) is 10.1 Å². The van der Waals surface area contributed by atoms with Gasteiger partial charge in [0, 0.05) is 29.7 Å². The molecule has 1 atom stereocenters. The average molecular weight is 342 g/mol. The molecule has 0 aliphatic heterocycles. The SMILES string of the molecule is CCC(c1ccccc1)(c1c[nH]nc1-c1ccncc1)S(N)(=O)=O. The Labute approximate surface area is 140 Å². The van der Waals surface area contributed by atoms with Crippen LogP contribution in [0, 0.1) is 0 Å². The van der Waals surface area contributed by atoms with Gasteiger partial charge in [-0.25, -0.2) is 13.6 Å². The summed E-state index contributed by atoms with van der Waals surface area (Å²) < 4.78 is 24.0. The number of hydrogen-bond donors (Lipinski definition) is 2. The molecular formula is C17H18N4O2S. The van der Waals surface area contributed by atoms with Gasteiger partial charge in [-0.15, -0.1) is 0 Å². The zero-order chi connectivity index (χ0) is 17.2. The molecule has 7 heteroatoms. The van der Waals surface area contributed by atoms with Crippen molar-refractivity contribution in [2.45, 2.75) is 18.1 Å². The number of primary sulfonamides is 1. The molecule has 2 aromatic heterocycles. The van der Waals surface area contributed by atoms with Gasteiger partial charge in [0.2, 0.25) is 10.0 Å². The van der Waals surface area contributed by atoms with Crippen molar-refractivity contribution in [2.75, 3.05) is 0 Å². The number of H-pyrrole nitrogens is 1. The molecule has 1 aromatic carbocycles. The van der Waals surface area contributed by atoms with E-state index in [0.717, 1.165) is 5.56 Å². The van der Waals surface area contributed by atoms with Crippen LogP contribution in [0.5, 0.6) is 0 Å². The highest BCUT2D eigenvalue weighted by atomic mass is 32.2. The lowest BCUT2D eigenvalue weighted by Gasteiger charge is -2.31. The van der Waals surface area contributed by atoms with Gasteiger partial charge in [-0.05, 0) is 24.1 Å². The summed E-state index contributed by atoms with van der Waals surface area (Å²) in [6, 6.07) is 12.6. The molecule has 0 radical (unpaired) electrons. The fraction of sp³-hybridized carbons (Fsp3) is 0.176. The van der Waals surface area contributed by atoms with Crippen LogP contribution in [0.25, 0.3) is 11.3 Å². The van der Waals surface area contributed by atoms with Gasteiger partial charge >= 0.3 is 0 Å². The molecule has 0 amide bonds. The number of nitrogens with zero attached hydrogens (tertiary/aromatic N) is 2. The topological polar surface area (TPSA) is 102 Å². The van der Waals surface area contributed by atoms with E-state index in [4.69, 9.17) is 5.14 Å². The van der Waals surface area contributed by atoms with Crippen LogP contribution in [0.2, 0.25) is 0 Å². The van der Waals surface area contributed by atoms with Crippen LogP contribution in [-0.2, 0) is 14.8 Å². The number of pyridine rings is 1. The van der Waals surface area contributed by atoms with E-state index in [0.29, 0.717) is 16.8 Å². The van der Waals surface area contributed by atoms with E-state index in [1.54, 1.807) is 61.9 Å². The minimum Gasteiger partial charge on any atom is -0.285 e. The maximum Gasteiger partial charge on any atom is 0.223 e. The molecule has 0 saturated carbocycles. The maximum atomic E-state index is 12.7. The van der Waals surface area contributed by atoms with Crippen LogP contribution in [-0.4, -0.2) is 23.6 Å². The van der Waals surface area contributed by atoms with Crippen LogP contribution >= 0.6 is 0 Å². The second kappa shape index (κ2) is 6.18. The first kappa shape index (κ1) is 16.4. The Hall–Kier alpha value is -2.51. The third-order valence-electron chi connectivity index (χ3n) is 4.25. The Kier molecular flexibility index (Phi) is 4.21. The molecule has 24 heavy (non-hydrogen) atoms. The number of benzene rings is 1. The lowest BCUT2D eigenvalue weighted by Crippen LogP contribution is -2.41. The summed E-state index contributed by atoms with van der Waals surface area (Å²) in [7, 11) is -3.96. The van der Waals surface area contributed by atoms with Gasteiger partial charge in [-0.1, -0.05) is 37.3 Å². The summed E-state index contributed by atoms with van der Waals surface area (Å²) in [6.45, 7) is 1.81. The fourth-order valence-electron chi connectivity index (χ4n) is 3.10. The Morgan fingerprint density at radius 3 is 2.38 bits per heavy atom. The Balaban J connectivity index is 2.33. The largest absolute Gasteiger partial charge is 0.285 e. The highest BCUT2D eigenvalue weighted by Gasteiger charge is 2.46. The predicted octanol–water partition coefficient (Wildman–Crippen LogP) is 2.41. The molecule has 1 unspecified atom stereocenters. The third kappa shape index (κ3) is 2.51. The number of nitrogens with two attached hydrogens (primary N) is 1. The summed E-state index contributed by atoms with van der Waals surface area (Å²) >= 11 is 0. The van der Waals surface area contributed by atoms with Crippen molar-refractivity contribution >= 4 is 10.0 Å². The predicted molar refractivity (Wildman–Crippen MR) is 92.4 cm³/mol. The number of sulfonamides is 1. The molecule has 0 spiro atoms. The number of aromatic nitrogens is 3. The van der Waals surface area contributed by atoms with Crippen molar-refractivity contribution in [2.24, 2.45) is 5.14 Å². The quantitative estimate of drug-likeness (QED) is 0.743. The molecule has 0 bridgehead atoms. The standard InChI is InChI=1S/C17H18N4O2S/c1-2-17(24(18,22)23,14-6-4-3-5-7-14)15-12-20-21-16(15)13-8-10-19-11-9-13/h3-12H,2H2,1H3,(H,20,21)(H2,18,22,23). The van der Waals surface area contributed by atoms with Crippen LogP contribution in [0.3, 0.4) is 0 Å². The van der Waals surface area contributed by atoms with Crippen molar-refractivity contribution in [3.63, 3.8) is 0 Å². The summed E-state index contributed by atoms with van der Waals surface area (Å²) in [6.07, 6.45) is 5.17. The van der Waals surface area contributed by atoms with Crippen LogP contribution < -0.4 is 5.14 Å². The van der Waals surface area contributed by atoms with Gasteiger partial charge in [0.15, 0.2) is 0 Å². The first-order valence-corrected chi connectivity index (χ1v) is 9.08. The summed E-state index contributed by atoms with van der Waals surface area (Å²) in [5.74, 6) is 0. The molecule has 124 valence electrons. The monoisotopic (exact) mass is 342 g/mol. The highest BCUT2D eigenvalue weighted by molar-refractivity contribution is 7.90. The Morgan fingerprint density at radius 1 is 1.12 bits per heavy atom. The van der Waals surface area contributed by atoms with Gasteiger partial charge in [0.25, 0.3) is 0 Å². The van der Waals surface area contributed by atoms with E-state index < -0.39 is 14.8 Å². The van der Waals surface area contributed by atoms with Crippen molar-refractivity contribution < 1.29 is 8.42 Å². The first-order chi connectivity index (χ1) is 11.5. The highest BCUT2D eigenvalue weighted by Crippen LogP contribution is 2.42. The molecule has 2 heterocycles. The first-order valence-electron chi connectivity index (χ1n) is 7.53. The minimum absolute atomic E-state index is 0.285. The van der Waals surface area contributed by atoms with Crippen LogP contribution in [0.1, 0.15) is 24.5 Å². The summed E-state index contributed by atoms with van der Waals surface area (Å²) in [5.41, 5.74) is 2.48. The molecule has 0 fully saturated rings. The Morgan fingerprint density at radius 2 is 1.79 bits per heavy atom. The zero-order valence-corrected chi connectivity index (χ0v) is 14.0. The summed E-state index contributed by atoms with van der Waals surface area (Å²) in [5, 5.41) is 12.8. The Bertz CT molecular complexity index is 923. The summed E-state index contributed by atoms with van der Waals surface area (Å²) in [4.78, 5) is 3.99. The molecular weight excluding hydrogens is 324 g/mol. The number of rotatable bonds is 5. The van der Waals surface area contributed by atoms with E-state index in [-0.39, 0.29) is 6.42 Å². The average Bonchev–Trinajstić information content (AvgIpc) is 3.06. The number of hydrogen-bond acceptors (Lipinski definition) is 4. The van der Waals surface area contributed by atoms with E-state index in [9.17, 15) is 8.42 Å². The second-order valence-corrected chi connectivity index (χ2v) is 7.26. The molecule has 0 aliphatic rings. The molecule has 0 aliphatic carbocycles. The number of nitrogens with one attached hydrogen (secondary N) is 1. The van der Waals surface area contributed by atoms with Crippen molar-refractivity contribution in [3.05, 3.63) is 72.2 Å². The number of aromatic amines is 1. The fourth-order valence-corrected chi connectivity index (χ4v) is 4.43. The minimum atomic E-state index is -3.96. The third-order valence-corrected chi connectivity index (χ3v) is 5.97. The van der Waals surface area contributed by atoms with Gasteiger partial charge in [0.05, 0.1) is 5.69 Å². The van der Waals surface area contributed by atoms with Gasteiger partial charge in [-0.2, -0.15) is 5.10 Å². The van der Waals surface area contributed by atoms with Crippen molar-refractivity contribution in [1.82, 2.24) is 15.2 Å². The zero-order valence-electron chi connectivity index (χ0n) is 13.2. The van der Waals surface area contributed by atoms with E-state index in [2.05, 4.69) is 15.2 Å². The van der Waals surface area contributed by atoms with E-state index in [1.165, 1.54) is 0 Å². The molecule has 6 nitrogen and oxygen atoms in total. The second-order valence-electron chi connectivity index (χ2n) is 5.48. The molecule has 0 saturated heterocycles. The van der Waals surface area contributed by atoms with E-state index >= 15 is 0 Å². The van der Waals surface area contributed by atoms with Crippen molar-refractivity contribution in [3.8, 4) is 11.3 Å². The molecule has 3 rings (SSSR count). The lowest BCUT2D eigenvalue weighted by molar-refractivity contribution is 0.547. The molecule has 3 aromatic rings. The lowest BCUT2D eigenvalue weighted by atomic mass is 9.87. The van der Waals surface area contributed by atoms with Crippen LogP contribution in [0.4, 0.5) is 0 Å². The maximum absolute atomic E-state index is 12.7. The van der Waals surface area contributed by atoms with Gasteiger partial charge in [0.1, 0.15) is 4.75 Å². The molecule has 3 N–H and O–H groups in total. The van der Waals surface area contributed by atoms with Crippen molar-refractivity contribution in [1.29, 1.82) is 0 Å². The van der Waals surface area contributed by atoms with E-state index in [1.807, 2.05) is 6.07 Å².